The van der Waals surface area contributed by atoms with Crippen LogP contribution in [0.4, 0.5) is 10.1 Å². The molecule has 1 amide bonds. The number of anilines is 1. The van der Waals surface area contributed by atoms with Crippen molar-refractivity contribution in [1.82, 2.24) is 10.0 Å². The number of phenols is 1. The van der Waals surface area contributed by atoms with Crippen LogP contribution in [0.3, 0.4) is 0 Å². The molecule has 1 aromatic carbocycles. The summed E-state index contributed by atoms with van der Waals surface area (Å²) in [6, 6.07) is 1.65. The Morgan fingerprint density at radius 3 is 3.00 bits per heavy atom. The Morgan fingerprint density at radius 2 is 2.35 bits per heavy atom. The Hall–Kier alpha value is -1.32. The Bertz CT molecular complexity index is 732. The molecule has 26 heavy (non-hydrogen) atoms. The maximum Gasteiger partial charge on any atom is 0.253 e. The highest BCUT2D eigenvalue weighted by molar-refractivity contribution is 7.99. The average Bonchev–Trinajstić information content (AvgIpc) is 2.93. The van der Waals surface area contributed by atoms with E-state index < -0.39 is 22.9 Å². The molecule has 3 rings (SSSR count). The van der Waals surface area contributed by atoms with Crippen molar-refractivity contribution in [3.8, 4) is 5.75 Å². The van der Waals surface area contributed by atoms with E-state index in [4.69, 9.17) is 0 Å². The molecule has 3 atom stereocenters. The summed E-state index contributed by atoms with van der Waals surface area (Å²) in [5, 5.41) is 13.7. The molecule has 0 radical (unpaired) electrons. The van der Waals surface area contributed by atoms with Crippen molar-refractivity contribution in [2.24, 2.45) is 5.92 Å². The second kappa shape index (κ2) is 8.14. The van der Waals surface area contributed by atoms with Gasteiger partial charge in [-0.3, -0.25) is 13.8 Å². The summed E-state index contributed by atoms with van der Waals surface area (Å²) in [6.45, 7) is 5.03. The maximum atomic E-state index is 15.1. The van der Waals surface area contributed by atoms with Gasteiger partial charge in [0.1, 0.15) is 18.0 Å². The minimum atomic E-state index is -1.87. The third kappa shape index (κ3) is 3.99. The van der Waals surface area contributed by atoms with Gasteiger partial charge in [0, 0.05) is 22.3 Å². The lowest BCUT2D eigenvalue weighted by atomic mass is 10.0. The predicted molar refractivity (Wildman–Crippen MR) is 102 cm³/mol. The number of amides is 1. The molecule has 1 saturated heterocycles. The van der Waals surface area contributed by atoms with E-state index in [0.717, 1.165) is 29.4 Å². The first-order chi connectivity index (χ1) is 12.4. The molecule has 0 spiro atoms. The van der Waals surface area contributed by atoms with Crippen molar-refractivity contribution in [1.29, 1.82) is 0 Å². The highest BCUT2D eigenvalue weighted by atomic mass is 32.2. The van der Waals surface area contributed by atoms with Gasteiger partial charge in [0.25, 0.3) is 5.91 Å². The summed E-state index contributed by atoms with van der Waals surface area (Å²) < 4.78 is 30.4. The zero-order valence-corrected chi connectivity index (χ0v) is 16.5. The molecule has 3 N–H and O–H groups in total. The summed E-state index contributed by atoms with van der Waals surface area (Å²) in [5.74, 6) is 0.120. The van der Waals surface area contributed by atoms with Crippen molar-refractivity contribution in [2.45, 2.75) is 44.0 Å². The van der Waals surface area contributed by atoms with Gasteiger partial charge in [0.05, 0.1) is 0 Å². The van der Waals surface area contributed by atoms with Gasteiger partial charge in [0.15, 0.2) is 5.82 Å². The van der Waals surface area contributed by atoms with E-state index in [2.05, 4.69) is 23.9 Å². The number of carbonyl (C=O) groups excluding carboxylic acids is 1. The fourth-order valence-corrected chi connectivity index (χ4v) is 5.20. The van der Waals surface area contributed by atoms with E-state index >= 15 is 4.39 Å². The van der Waals surface area contributed by atoms with Gasteiger partial charge in [-0.1, -0.05) is 20.3 Å². The van der Waals surface area contributed by atoms with Gasteiger partial charge < -0.3 is 10.4 Å². The number of nitrogens with zero attached hydrogens (tertiary/aromatic N) is 1. The number of nitrogens with one attached hydrogen (secondary N) is 2. The fraction of sp³-hybridized carbons (Fsp3) is 0.588. The lowest BCUT2D eigenvalue weighted by Crippen LogP contribution is -2.37. The summed E-state index contributed by atoms with van der Waals surface area (Å²) >= 11 is -0.369. The molecule has 9 heteroatoms. The number of halogens is 1. The van der Waals surface area contributed by atoms with Crippen molar-refractivity contribution >= 4 is 34.5 Å². The van der Waals surface area contributed by atoms with Gasteiger partial charge in [-0.05, 0) is 31.4 Å². The van der Waals surface area contributed by atoms with Gasteiger partial charge in [0.2, 0.25) is 11.2 Å². The van der Waals surface area contributed by atoms with Crippen LogP contribution in [0.2, 0.25) is 0 Å². The monoisotopic (exact) mass is 401 g/mol. The zero-order valence-electron chi connectivity index (χ0n) is 14.9. The second-order valence-electron chi connectivity index (χ2n) is 6.81. The first-order valence-electron chi connectivity index (χ1n) is 8.80. The van der Waals surface area contributed by atoms with Gasteiger partial charge in [-0.15, -0.1) is 11.8 Å². The molecule has 144 valence electrons. The van der Waals surface area contributed by atoms with E-state index in [0.29, 0.717) is 22.8 Å². The quantitative estimate of drug-likeness (QED) is 0.680. The largest absolute Gasteiger partial charge is 0.506 e. The first kappa shape index (κ1) is 19.4. The minimum absolute atomic E-state index is 0.146. The predicted octanol–water partition coefficient (Wildman–Crippen LogP) is 2.09. The topological polar surface area (TPSA) is 81.7 Å². The van der Waals surface area contributed by atoms with E-state index in [1.165, 1.54) is 17.8 Å². The van der Waals surface area contributed by atoms with Crippen LogP contribution >= 0.6 is 11.8 Å². The first-order valence-corrected chi connectivity index (χ1v) is 10.9. The molecule has 0 aromatic heterocycles. The van der Waals surface area contributed by atoms with Crippen LogP contribution in [0.1, 0.15) is 32.3 Å². The molecular weight excluding hydrogens is 377 g/mol. The zero-order chi connectivity index (χ0) is 18.8. The highest BCUT2D eigenvalue weighted by Crippen LogP contribution is 2.42. The Morgan fingerprint density at radius 1 is 1.58 bits per heavy atom. The molecule has 1 fully saturated rings. The normalized spacial score (nSPS) is 23.7. The maximum absolute atomic E-state index is 15.1. The van der Waals surface area contributed by atoms with Crippen LogP contribution < -0.4 is 14.3 Å². The van der Waals surface area contributed by atoms with Gasteiger partial charge in [-0.25, -0.2) is 8.60 Å². The smallest absolute Gasteiger partial charge is 0.253 e. The summed E-state index contributed by atoms with van der Waals surface area (Å²) in [7, 11) is 0. The molecule has 2 aliphatic rings. The number of thioether (sulfide) groups is 1. The number of rotatable bonds is 6. The molecule has 0 aliphatic carbocycles. The Labute approximate surface area is 159 Å². The van der Waals surface area contributed by atoms with Crippen LogP contribution in [-0.2, 0) is 22.4 Å². The number of benzene rings is 1. The molecule has 0 saturated carbocycles. The number of hydrogen-bond donors (Lipinski definition) is 3. The number of fused-ring (bicyclic) bond motifs is 1. The van der Waals surface area contributed by atoms with E-state index in [1.54, 1.807) is 0 Å². The van der Waals surface area contributed by atoms with Crippen molar-refractivity contribution in [3.05, 3.63) is 17.4 Å². The summed E-state index contributed by atoms with van der Waals surface area (Å²) in [6.07, 6.45) is 2.72. The van der Waals surface area contributed by atoms with Crippen LogP contribution in [-0.4, -0.2) is 40.1 Å². The number of aromatic hydroxyl groups is 1. The Kier molecular flexibility index (Phi) is 6.09. The van der Waals surface area contributed by atoms with Crippen molar-refractivity contribution in [3.63, 3.8) is 0 Å². The average molecular weight is 402 g/mol. The number of carbonyl (C=O) groups is 1. The second-order valence-corrected chi connectivity index (χ2v) is 9.02. The van der Waals surface area contributed by atoms with Crippen molar-refractivity contribution in [2.75, 3.05) is 23.1 Å². The standard InChI is InChI=1S/C17H24FN3O3S2/c1-3-10(2)4-5-19-11-6-12-14(25-9-11)7-13(22)17(16(12)18)21-8-15(23)20-26(21)24/h7,10-11,19,22H,3-6,8-9H2,1-2H3,(H,20,23). The Balaban J connectivity index is 1.78. The third-order valence-electron chi connectivity index (χ3n) is 4.88. The molecule has 2 heterocycles. The fourth-order valence-electron chi connectivity index (χ4n) is 3.10. The van der Waals surface area contributed by atoms with Crippen molar-refractivity contribution < 1.29 is 18.5 Å². The highest BCUT2D eigenvalue weighted by Gasteiger charge is 2.34. The number of hydrogen-bond acceptors (Lipinski definition) is 5. The van der Waals surface area contributed by atoms with E-state index in [-0.39, 0.29) is 24.0 Å². The molecule has 3 unspecified atom stereocenters. The SMILES string of the molecule is CCC(C)CCNC1CSc2cc(O)c(N3CC(=O)NS3=O)c(F)c2C1. The lowest BCUT2D eigenvalue weighted by Gasteiger charge is -2.28. The molecule has 1 aromatic rings. The lowest BCUT2D eigenvalue weighted by molar-refractivity contribution is -0.117. The van der Waals surface area contributed by atoms with Gasteiger partial charge in [-0.2, -0.15) is 0 Å². The van der Waals surface area contributed by atoms with E-state index in [9.17, 15) is 14.1 Å². The van der Waals surface area contributed by atoms with Gasteiger partial charge >= 0.3 is 0 Å². The molecule has 0 bridgehead atoms. The molecule has 6 nitrogen and oxygen atoms in total. The van der Waals surface area contributed by atoms with Crippen LogP contribution in [0.25, 0.3) is 0 Å². The van der Waals surface area contributed by atoms with Crippen LogP contribution in [0.5, 0.6) is 5.75 Å². The summed E-state index contributed by atoms with van der Waals surface area (Å²) in [4.78, 5) is 12.1. The summed E-state index contributed by atoms with van der Waals surface area (Å²) in [5.41, 5.74) is 0.340. The third-order valence-corrected chi connectivity index (χ3v) is 7.23. The molecule has 2 aliphatic heterocycles. The van der Waals surface area contributed by atoms with Crippen LogP contribution in [0, 0.1) is 11.7 Å². The minimum Gasteiger partial charge on any atom is -0.506 e. The number of phenolic OH excluding ortho intramolecular Hbond substituents is 1. The van der Waals surface area contributed by atoms with Crippen LogP contribution in [0.15, 0.2) is 11.0 Å². The van der Waals surface area contributed by atoms with E-state index in [1.807, 2.05) is 0 Å². The molecular formula is C17H24FN3O3S2.